The second kappa shape index (κ2) is 4.46. The molecule has 3 aromatic rings. The molecule has 0 saturated heterocycles. The lowest BCUT2D eigenvalue weighted by Gasteiger charge is -2.04. The number of phenolic OH excluding ortho intramolecular Hbond substituents is 1. The smallest absolute Gasteiger partial charge is 0.119 e. The second-order valence-corrected chi connectivity index (χ2v) is 5.04. The summed E-state index contributed by atoms with van der Waals surface area (Å²) >= 11 is 3.45. The molecular weight excluding hydrogens is 292 g/mol. The van der Waals surface area contributed by atoms with Gasteiger partial charge in [-0.25, -0.2) is 4.98 Å². The Bertz CT molecular complexity index is 706. The van der Waals surface area contributed by atoms with Crippen molar-refractivity contribution in [3.05, 3.63) is 64.7 Å². The highest BCUT2D eigenvalue weighted by atomic mass is 79.9. The van der Waals surface area contributed by atoms with Crippen molar-refractivity contribution in [2.45, 2.75) is 6.42 Å². The quantitative estimate of drug-likeness (QED) is 0.788. The first kappa shape index (κ1) is 11.3. The van der Waals surface area contributed by atoms with Gasteiger partial charge in [-0.15, -0.1) is 0 Å². The van der Waals surface area contributed by atoms with Crippen molar-refractivity contribution in [1.29, 1.82) is 0 Å². The molecule has 1 aromatic carbocycles. The molecule has 3 rings (SSSR count). The van der Waals surface area contributed by atoms with Gasteiger partial charge in [0.15, 0.2) is 0 Å². The van der Waals surface area contributed by atoms with Crippen LogP contribution in [0.15, 0.2) is 53.3 Å². The molecule has 0 unspecified atom stereocenters. The molecule has 1 N–H and O–H groups in total. The van der Waals surface area contributed by atoms with E-state index in [1.165, 1.54) is 0 Å². The van der Waals surface area contributed by atoms with Crippen molar-refractivity contribution < 1.29 is 5.11 Å². The number of pyridine rings is 1. The lowest BCUT2D eigenvalue weighted by Crippen LogP contribution is -1.96. The van der Waals surface area contributed by atoms with Gasteiger partial charge in [-0.2, -0.15) is 0 Å². The minimum absolute atomic E-state index is 0.309. The topological polar surface area (TPSA) is 37.5 Å². The molecule has 90 valence electrons. The Morgan fingerprint density at radius 2 is 2.00 bits per heavy atom. The Kier molecular flexibility index (Phi) is 2.80. The van der Waals surface area contributed by atoms with Crippen molar-refractivity contribution in [2.75, 3.05) is 0 Å². The monoisotopic (exact) mass is 302 g/mol. The number of hydrogen-bond acceptors (Lipinski definition) is 2. The third kappa shape index (κ3) is 1.99. The van der Waals surface area contributed by atoms with E-state index in [0.29, 0.717) is 12.2 Å². The van der Waals surface area contributed by atoms with E-state index in [1.807, 2.05) is 47.1 Å². The standard InChI is InChI=1S/C14H11BrN2O/c15-11-5-6-12-8-16-14(17(12)9-11)7-10-3-1-2-4-13(10)18/h1-6,8-9,18H,7H2. The number of phenols is 1. The van der Waals surface area contributed by atoms with Crippen molar-refractivity contribution in [3.8, 4) is 5.75 Å². The summed E-state index contributed by atoms with van der Waals surface area (Å²) < 4.78 is 3.03. The summed E-state index contributed by atoms with van der Waals surface area (Å²) in [5.41, 5.74) is 1.92. The number of fused-ring (bicyclic) bond motifs is 1. The maximum atomic E-state index is 9.79. The van der Waals surface area contributed by atoms with Crippen molar-refractivity contribution in [2.24, 2.45) is 0 Å². The van der Waals surface area contributed by atoms with E-state index >= 15 is 0 Å². The Labute approximate surface area is 113 Å². The first-order valence-electron chi connectivity index (χ1n) is 5.62. The Morgan fingerprint density at radius 1 is 1.17 bits per heavy atom. The fraction of sp³-hybridized carbons (Fsp3) is 0.0714. The fourth-order valence-electron chi connectivity index (χ4n) is 1.98. The van der Waals surface area contributed by atoms with Crippen LogP contribution < -0.4 is 0 Å². The molecule has 0 aliphatic carbocycles. The summed E-state index contributed by atoms with van der Waals surface area (Å²) in [6.45, 7) is 0. The number of rotatable bonds is 2. The van der Waals surface area contributed by atoms with Crippen LogP contribution in [0.25, 0.3) is 5.52 Å². The zero-order chi connectivity index (χ0) is 12.5. The van der Waals surface area contributed by atoms with Crippen LogP contribution in [0.1, 0.15) is 11.4 Å². The third-order valence-electron chi connectivity index (χ3n) is 2.91. The molecule has 0 bridgehead atoms. The fourth-order valence-corrected chi connectivity index (χ4v) is 2.32. The molecular formula is C14H11BrN2O. The van der Waals surface area contributed by atoms with E-state index in [9.17, 15) is 5.11 Å². The van der Waals surface area contributed by atoms with Gasteiger partial charge in [0, 0.05) is 22.7 Å². The zero-order valence-electron chi connectivity index (χ0n) is 9.55. The highest BCUT2D eigenvalue weighted by Crippen LogP contribution is 2.21. The van der Waals surface area contributed by atoms with Gasteiger partial charge in [-0.1, -0.05) is 18.2 Å². The molecule has 3 nitrogen and oxygen atoms in total. The number of hydrogen-bond donors (Lipinski definition) is 1. The third-order valence-corrected chi connectivity index (χ3v) is 3.38. The number of para-hydroxylation sites is 1. The van der Waals surface area contributed by atoms with Crippen LogP contribution >= 0.6 is 15.9 Å². The molecule has 0 amide bonds. The van der Waals surface area contributed by atoms with E-state index in [2.05, 4.69) is 20.9 Å². The van der Waals surface area contributed by atoms with Crippen LogP contribution in [0.3, 0.4) is 0 Å². The molecule has 0 spiro atoms. The molecule has 0 radical (unpaired) electrons. The van der Waals surface area contributed by atoms with Crippen LogP contribution in [0.5, 0.6) is 5.75 Å². The molecule has 0 saturated carbocycles. The molecule has 0 aliphatic rings. The molecule has 0 aliphatic heterocycles. The summed E-state index contributed by atoms with van der Waals surface area (Å²) in [7, 11) is 0. The highest BCUT2D eigenvalue weighted by molar-refractivity contribution is 9.10. The van der Waals surface area contributed by atoms with Gasteiger partial charge in [-0.3, -0.25) is 0 Å². The number of imidazole rings is 1. The number of aromatic hydroxyl groups is 1. The Hall–Kier alpha value is -1.81. The maximum absolute atomic E-state index is 9.79. The highest BCUT2D eigenvalue weighted by Gasteiger charge is 2.07. The number of halogens is 1. The predicted octanol–water partition coefficient (Wildman–Crippen LogP) is 3.39. The van der Waals surface area contributed by atoms with Crippen molar-refractivity contribution >= 4 is 21.4 Å². The normalized spacial score (nSPS) is 10.9. The summed E-state index contributed by atoms with van der Waals surface area (Å²) in [6, 6.07) is 11.3. The molecule has 2 aromatic heterocycles. The minimum atomic E-state index is 0.309. The van der Waals surface area contributed by atoms with E-state index in [-0.39, 0.29) is 0 Å². The van der Waals surface area contributed by atoms with Crippen LogP contribution in [-0.4, -0.2) is 14.5 Å². The minimum Gasteiger partial charge on any atom is -0.508 e. The number of nitrogens with zero attached hydrogens (tertiary/aromatic N) is 2. The summed E-state index contributed by atoms with van der Waals surface area (Å²) in [5, 5.41) is 9.79. The van der Waals surface area contributed by atoms with Gasteiger partial charge in [0.2, 0.25) is 0 Å². The SMILES string of the molecule is Oc1ccccc1Cc1ncc2ccc(Br)cn12. The summed E-state index contributed by atoms with van der Waals surface area (Å²) in [6.07, 6.45) is 4.43. The first-order valence-corrected chi connectivity index (χ1v) is 6.42. The summed E-state index contributed by atoms with van der Waals surface area (Å²) in [4.78, 5) is 4.40. The first-order chi connectivity index (χ1) is 8.74. The average molecular weight is 303 g/mol. The number of benzene rings is 1. The van der Waals surface area contributed by atoms with E-state index < -0.39 is 0 Å². The molecule has 0 fully saturated rings. The molecule has 0 atom stereocenters. The Morgan fingerprint density at radius 3 is 2.83 bits per heavy atom. The predicted molar refractivity (Wildman–Crippen MR) is 73.8 cm³/mol. The van der Waals surface area contributed by atoms with E-state index in [0.717, 1.165) is 21.4 Å². The van der Waals surface area contributed by atoms with Gasteiger partial charge >= 0.3 is 0 Å². The van der Waals surface area contributed by atoms with Crippen molar-refractivity contribution in [1.82, 2.24) is 9.38 Å². The number of aromatic nitrogens is 2. The van der Waals surface area contributed by atoms with Crippen molar-refractivity contribution in [3.63, 3.8) is 0 Å². The van der Waals surface area contributed by atoms with Crippen LogP contribution in [0, 0.1) is 0 Å². The van der Waals surface area contributed by atoms with Gasteiger partial charge in [-0.05, 0) is 34.1 Å². The maximum Gasteiger partial charge on any atom is 0.119 e. The van der Waals surface area contributed by atoms with Gasteiger partial charge < -0.3 is 9.51 Å². The van der Waals surface area contributed by atoms with E-state index in [4.69, 9.17) is 0 Å². The van der Waals surface area contributed by atoms with Crippen LogP contribution in [0.2, 0.25) is 0 Å². The average Bonchev–Trinajstić information content (AvgIpc) is 2.75. The van der Waals surface area contributed by atoms with Crippen LogP contribution in [0.4, 0.5) is 0 Å². The molecule has 18 heavy (non-hydrogen) atoms. The summed E-state index contributed by atoms with van der Waals surface area (Å²) in [5.74, 6) is 1.22. The van der Waals surface area contributed by atoms with Crippen LogP contribution in [-0.2, 0) is 6.42 Å². The van der Waals surface area contributed by atoms with Gasteiger partial charge in [0.05, 0.1) is 11.7 Å². The molecule has 2 heterocycles. The van der Waals surface area contributed by atoms with Gasteiger partial charge in [0.1, 0.15) is 11.6 Å². The zero-order valence-corrected chi connectivity index (χ0v) is 11.1. The lowest BCUT2D eigenvalue weighted by atomic mass is 10.1. The Balaban J connectivity index is 2.05. The molecule has 4 heteroatoms. The van der Waals surface area contributed by atoms with Gasteiger partial charge in [0.25, 0.3) is 0 Å². The second-order valence-electron chi connectivity index (χ2n) is 4.12. The van der Waals surface area contributed by atoms with E-state index in [1.54, 1.807) is 6.07 Å². The largest absolute Gasteiger partial charge is 0.508 e. The lowest BCUT2D eigenvalue weighted by molar-refractivity contribution is 0.469.